The molecule has 0 saturated carbocycles. The van der Waals surface area contributed by atoms with Gasteiger partial charge in [0.05, 0.1) is 22.3 Å². The van der Waals surface area contributed by atoms with Crippen LogP contribution in [0.3, 0.4) is 0 Å². The van der Waals surface area contributed by atoms with Gasteiger partial charge in [-0.15, -0.1) is 0 Å². The van der Waals surface area contributed by atoms with E-state index in [4.69, 9.17) is 16.9 Å². The van der Waals surface area contributed by atoms with Crippen LogP contribution in [0.25, 0.3) is 0 Å². The van der Waals surface area contributed by atoms with Crippen molar-refractivity contribution in [2.24, 2.45) is 0 Å². The smallest absolute Gasteiger partial charge is 0.0992 e. The molecule has 1 aromatic carbocycles. The van der Waals surface area contributed by atoms with Gasteiger partial charge in [0.25, 0.3) is 0 Å². The summed E-state index contributed by atoms with van der Waals surface area (Å²) in [5.74, 6) is 0. The second kappa shape index (κ2) is 4.88. The molecule has 1 aromatic rings. The molecule has 0 amide bonds. The van der Waals surface area contributed by atoms with E-state index in [1.54, 1.807) is 12.1 Å². The highest BCUT2D eigenvalue weighted by Gasteiger charge is 2.06. The summed E-state index contributed by atoms with van der Waals surface area (Å²) in [5, 5.41) is 9.33. The third kappa shape index (κ3) is 2.18. The van der Waals surface area contributed by atoms with Gasteiger partial charge in [0.1, 0.15) is 0 Å². The summed E-state index contributed by atoms with van der Waals surface area (Å²) in [5.41, 5.74) is 1.60. The van der Waals surface area contributed by atoms with Crippen LogP contribution in [0.4, 0.5) is 5.69 Å². The third-order valence-electron chi connectivity index (χ3n) is 2.18. The Hall–Kier alpha value is -1.20. The van der Waals surface area contributed by atoms with E-state index in [1.807, 2.05) is 6.07 Å². The van der Waals surface area contributed by atoms with Crippen LogP contribution in [-0.4, -0.2) is 13.1 Å². The minimum atomic E-state index is 0.603. The largest absolute Gasteiger partial charge is 0.371 e. The molecular formula is C11H13ClN2. The van der Waals surface area contributed by atoms with E-state index in [0.29, 0.717) is 10.6 Å². The Morgan fingerprint density at radius 3 is 2.43 bits per heavy atom. The summed E-state index contributed by atoms with van der Waals surface area (Å²) in [6.45, 7) is 6.00. The first kappa shape index (κ1) is 10.9. The van der Waals surface area contributed by atoms with E-state index in [0.717, 1.165) is 18.8 Å². The van der Waals surface area contributed by atoms with Crippen LogP contribution < -0.4 is 4.90 Å². The molecular weight excluding hydrogens is 196 g/mol. The zero-order chi connectivity index (χ0) is 10.6. The first-order chi connectivity index (χ1) is 6.72. The molecule has 0 unspecified atom stereocenters. The van der Waals surface area contributed by atoms with Crippen molar-refractivity contribution in [2.45, 2.75) is 13.8 Å². The lowest BCUT2D eigenvalue weighted by Gasteiger charge is -2.22. The average molecular weight is 209 g/mol. The summed E-state index contributed by atoms with van der Waals surface area (Å²) in [4.78, 5) is 2.16. The standard InChI is InChI=1S/C11H13ClN2/c1-3-14(4-2)11-6-5-9(8-13)7-10(11)12/h5-7H,3-4H2,1-2H3. The Morgan fingerprint density at radius 1 is 1.36 bits per heavy atom. The topological polar surface area (TPSA) is 27.0 Å². The van der Waals surface area contributed by atoms with Gasteiger partial charge >= 0.3 is 0 Å². The molecule has 0 heterocycles. The lowest BCUT2D eigenvalue weighted by Crippen LogP contribution is -2.22. The predicted octanol–water partition coefficient (Wildman–Crippen LogP) is 3.06. The molecule has 0 aromatic heterocycles. The Kier molecular flexibility index (Phi) is 3.79. The number of nitriles is 1. The van der Waals surface area contributed by atoms with E-state index >= 15 is 0 Å². The zero-order valence-corrected chi connectivity index (χ0v) is 9.17. The highest BCUT2D eigenvalue weighted by molar-refractivity contribution is 6.33. The van der Waals surface area contributed by atoms with Crippen molar-refractivity contribution in [3.05, 3.63) is 28.8 Å². The van der Waals surface area contributed by atoms with E-state index in [1.165, 1.54) is 0 Å². The Labute approximate surface area is 89.7 Å². The summed E-state index contributed by atoms with van der Waals surface area (Å²) in [7, 11) is 0. The Balaban J connectivity index is 3.05. The molecule has 0 N–H and O–H groups in total. The van der Waals surface area contributed by atoms with Gasteiger partial charge in [-0.25, -0.2) is 0 Å². The molecule has 0 aliphatic heterocycles. The first-order valence-electron chi connectivity index (χ1n) is 4.67. The molecule has 0 atom stereocenters. The van der Waals surface area contributed by atoms with Crippen molar-refractivity contribution in [1.29, 1.82) is 5.26 Å². The minimum absolute atomic E-state index is 0.603. The second-order valence-corrected chi connectivity index (χ2v) is 3.36. The van der Waals surface area contributed by atoms with Crippen LogP contribution in [-0.2, 0) is 0 Å². The van der Waals surface area contributed by atoms with Gasteiger partial charge < -0.3 is 4.90 Å². The van der Waals surface area contributed by atoms with Crippen LogP contribution in [0.15, 0.2) is 18.2 Å². The molecule has 0 saturated heterocycles. The van der Waals surface area contributed by atoms with Crippen LogP contribution in [0, 0.1) is 11.3 Å². The van der Waals surface area contributed by atoms with E-state index < -0.39 is 0 Å². The van der Waals surface area contributed by atoms with E-state index in [2.05, 4.69) is 24.8 Å². The minimum Gasteiger partial charge on any atom is -0.371 e. The fourth-order valence-corrected chi connectivity index (χ4v) is 1.70. The monoisotopic (exact) mass is 208 g/mol. The highest BCUT2D eigenvalue weighted by Crippen LogP contribution is 2.26. The van der Waals surface area contributed by atoms with Crippen molar-refractivity contribution >= 4 is 17.3 Å². The van der Waals surface area contributed by atoms with Gasteiger partial charge in [0, 0.05) is 13.1 Å². The molecule has 3 heteroatoms. The SMILES string of the molecule is CCN(CC)c1ccc(C#N)cc1Cl. The lowest BCUT2D eigenvalue weighted by molar-refractivity contribution is 0.866. The van der Waals surface area contributed by atoms with Crippen molar-refractivity contribution in [3.8, 4) is 6.07 Å². The fraction of sp³-hybridized carbons (Fsp3) is 0.364. The molecule has 74 valence electrons. The molecule has 14 heavy (non-hydrogen) atoms. The fourth-order valence-electron chi connectivity index (χ4n) is 1.40. The zero-order valence-electron chi connectivity index (χ0n) is 8.42. The van der Waals surface area contributed by atoms with Gasteiger partial charge in [-0.2, -0.15) is 5.26 Å². The number of hydrogen-bond acceptors (Lipinski definition) is 2. The molecule has 0 fully saturated rings. The molecule has 0 radical (unpaired) electrons. The van der Waals surface area contributed by atoms with Gasteiger partial charge in [0.2, 0.25) is 0 Å². The number of nitrogens with zero attached hydrogens (tertiary/aromatic N) is 2. The average Bonchev–Trinajstić information content (AvgIpc) is 2.22. The van der Waals surface area contributed by atoms with Crippen LogP contribution >= 0.6 is 11.6 Å². The highest BCUT2D eigenvalue weighted by atomic mass is 35.5. The first-order valence-corrected chi connectivity index (χ1v) is 5.05. The van der Waals surface area contributed by atoms with E-state index in [-0.39, 0.29) is 0 Å². The summed E-state index contributed by atoms with van der Waals surface area (Å²) >= 11 is 6.07. The number of anilines is 1. The predicted molar refractivity (Wildman–Crippen MR) is 59.7 cm³/mol. The normalized spacial score (nSPS) is 9.57. The lowest BCUT2D eigenvalue weighted by atomic mass is 10.2. The molecule has 0 bridgehead atoms. The quantitative estimate of drug-likeness (QED) is 0.764. The van der Waals surface area contributed by atoms with E-state index in [9.17, 15) is 0 Å². The second-order valence-electron chi connectivity index (χ2n) is 2.95. The number of halogens is 1. The van der Waals surface area contributed by atoms with Crippen LogP contribution in [0.2, 0.25) is 5.02 Å². The molecule has 0 aliphatic carbocycles. The van der Waals surface area contributed by atoms with Crippen molar-refractivity contribution in [2.75, 3.05) is 18.0 Å². The third-order valence-corrected chi connectivity index (χ3v) is 2.48. The maximum atomic E-state index is 8.68. The maximum absolute atomic E-state index is 8.68. The summed E-state index contributed by atoms with van der Waals surface area (Å²) < 4.78 is 0. The summed E-state index contributed by atoms with van der Waals surface area (Å²) in [6.07, 6.45) is 0. The molecule has 1 rings (SSSR count). The molecule has 0 aliphatic rings. The van der Waals surface area contributed by atoms with Crippen LogP contribution in [0.5, 0.6) is 0 Å². The van der Waals surface area contributed by atoms with Gasteiger partial charge in [-0.05, 0) is 32.0 Å². The summed E-state index contributed by atoms with van der Waals surface area (Å²) in [6, 6.07) is 7.46. The maximum Gasteiger partial charge on any atom is 0.0992 e. The molecule has 0 spiro atoms. The van der Waals surface area contributed by atoms with Crippen molar-refractivity contribution in [3.63, 3.8) is 0 Å². The number of hydrogen-bond donors (Lipinski definition) is 0. The number of rotatable bonds is 3. The number of benzene rings is 1. The molecule has 2 nitrogen and oxygen atoms in total. The van der Waals surface area contributed by atoms with Gasteiger partial charge in [-0.3, -0.25) is 0 Å². The van der Waals surface area contributed by atoms with Crippen LogP contribution in [0.1, 0.15) is 19.4 Å². The Morgan fingerprint density at radius 2 is 2.00 bits per heavy atom. The van der Waals surface area contributed by atoms with Gasteiger partial charge in [0.15, 0.2) is 0 Å². The Bertz CT molecular complexity index is 351. The van der Waals surface area contributed by atoms with Crippen molar-refractivity contribution in [1.82, 2.24) is 0 Å². The van der Waals surface area contributed by atoms with Gasteiger partial charge in [-0.1, -0.05) is 11.6 Å². The van der Waals surface area contributed by atoms with Crippen molar-refractivity contribution < 1.29 is 0 Å².